The maximum Gasteiger partial charge on any atom is 0.307 e. The van der Waals surface area contributed by atoms with Crippen LogP contribution in [0.15, 0.2) is 95.4 Å². The van der Waals surface area contributed by atoms with E-state index in [-0.39, 0.29) is 29.1 Å². The zero-order valence-electron chi connectivity index (χ0n) is 28.5. The average Bonchev–Trinajstić information content (AvgIpc) is 3.43. The van der Waals surface area contributed by atoms with Crippen LogP contribution < -0.4 is 4.90 Å². The van der Waals surface area contributed by atoms with Gasteiger partial charge in [-0.2, -0.15) is 13.0 Å². The highest BCUT2D eigenvalue weighted by Crippen LogP contribution is 2.54. The molecule has 3 aliphatic rings. The Balaban J connectivity index is 1.45. The van der Waals surface area contributed by atoms with Crippen molar-refractivity contribution in [1.29, 1.82) is 0 Å². The summed E-state index contributed by atoms with van der Waals surface area (Å²) in [5, 5.41) is 24.2. The Kier molecular flexibility index (Phi) is 8.69. The minimum Gasteiger partial charge on any atom is -0.506 e. The van der Waals surface area contributed by atoms with Gasteiger partial charge in [0, 0.05) is 41.1 Å². The lowest BCUT2D eigenvalue weighted by atomic mass is 9.69. The Morgan fingerprint density at radius 3 is 2.33 bits per heavy atom. The van der Waals surface area contributed by atoms with Crippen LogP contribution in [0.1, 0.15) is 65.0 Å². The smallest absolute Gasteiger partial charge is 0.307 e. The van der Waals surface area contributed by atoms with Crippen LogP contribution in [0.4, 0.5) is 11.4 Å². The summed E-state index contributed by atoms with van der Waals surface area (Å²) < 4.78 is 34.3. The van der Waals surface area contributed by atoms with E-state index in [0.717, 1.165) is 33.4 Å². The number of carbonyl (C=O) groups is 2. The molecule has 2 heterocycles. The van der Waals surface area contributed by atoms with Gasteiger partial charge >= 0.3 is 5.97 Å². The summed E-state index contributed by atoms with van der Waals surface area (Å²) in [5.74, 6) is -2.71. The van der Waals surface area contributed by atoms with Gasteiger partial charge in [0.25, 0.3) is 10.1 Å². The summed E-state index contributed by atoms with van der Waals surface area (Å²) in [6, 6.07) is 19.9. The number of aliphatic carboxylic acids is 1. The molecule has 0 fully saturated rings. The highest BCUT2D eigenvalue weighted by Gasteiger charge is 2.52. The largest absolute Gasteiger partial charge is 0.506 e. The average molecular weight is 684 g/mol. The van der Waals surface area contributed by atoms with Crippen molar-refractivity contribution < 1.29 is 37.3 Å². The Bertz CT molecular complexity index is 2140. The number of Topliss-reactive ketones (excluding diaryl/α,β-unsaturated/α-hetero) is 1. The van der Waals surface area contributed by atoms with Gasteiger partial charge in [-0.05, 0) is 81.5 Å². The number of para-hydroxylation sites is 1. The number of aliphatic hydroxyl groups is 1. The summed E-state index contributed by atoms with van der Waals surface area (Å²) >= 11 is 0. The topological polar surface area (TPSA) is 135 Å². The van der Waals surface area contributed by atoms with Crippen LogP contribution in [-0.4, -0.2) is 64.1 Å². The third-order valence-electron chi connectivity index (χ3n) is 10.6. The fraction of sp³-hybridized carbons (Fsp3) is 0.359. The molecule has 0 radical (unpaired) electrons. The lowest BCUT2D eigenvalue weighted by molar-refractivity contribution is -0.433. The first kappa shape index (κ1) is 34.3. The molecule has 6 rings (SSSR count). The molecule has 256 valence electrons. The summed E-state index contributed by atoms with van der Waals surface area (Å²) in [6.07, 6.45) is 4.30. The normalized spacial score (nSPS) is 22.2. The van der Waals surface area contributed by atoms with Gasteiger partial charge in [-0.25, -0.2) is 0 Å². The highest BCUT2D eigenvalue weighted by atomic mass is 32.2. The van der Waals surface area contributed by atoms with Crippen LogP contribution in [0.5, 0.6) is 0 Å². The predicted molar refractivity (Wildman–Crippen MR) is 191 cm³/mol. The molecule has 0 amide bonds. The number of fused-ring (bicyclic) bond motifs is 4. The Labute approximate surface area is 287 Å². The van der Waals surface area contributed by atoms with Gasteiger partial charge < -0.3 is 15.1 Å². The van der Waals surface area contributed by atoms with Crippen molar-refractivity contribution in [1.82, 2.24) is 0 Å². The standard InChI is InChI=1S/C39H42N2O7S/c1-6-28(37(44)45)39(5)29-16-10-11-17-30(29)41(20-12-13-21-49(46,47)48)33(39)23-27-35(42)26(36(27)43)22-32-38(3,4)34-25-15-9-8-14-24(25)18-19-31(34)40(32)7-2/h8-11,14-19,22-23,28H,6-7,12-13,20-21H2,1-5H3,(H2-,42,43,44,45,46,47,48)/p+1. The Hall–Kier alpha value is -4.54. The summed E-state index contributed by atoms with van der Waals surface area (Å²) in [4.78, 5) is 28.6. The van der Waals surface area contributed by atoms with E-state index in [1.165, 1.54) is 5.56 Å². The lowest BCUT2D eigenvalue weighted by Crippen LogP contribution is -2.40. The number of hydrogen-bond acceptors (Lipinski definition) is 6. The molecule has 2 aliphatic heterocycles. The molecule has 2 atom stereocenters. The number of carbonyl (C=O) groups excluding carboxylic acids is 1. The minimum atomic E-state index is -4.14. The number of aliphatic hydroxyl groups excluding tert-OH is 1. The lowest BCUT2D eigenvalue weighted by Gasteiger charge is -2.36. The number of nitrogens with zero attached hydrogens (tertiary/aromatic N) is 2. The van der Waals surface area contributed by atoms with Crippen molar-refractivity contribution in [3.8, 4) is 0 Å². The van der Waals surface area contributed by atoms with Gasteiger partial charge in [0.2, 0.25) is 11.5 Å². The van der Waals surface area contributed by atoms with E-state index in [1.54, 1.807) is 12.2 Å². The maximum absolute atomic E-state index is 14.0. The van der Waals surface area contributed by atoms with Crippen molar-refractivity contribution in [2.45, 2.75) is 64.7 Å². The Morgan fingerprint density at radius 2 is 1.67 bits per heavy atom. The molecule has 10 heteroatoms. The van der Waals surface area contributed by atoms with Crippen LogP contribution in [0.25, 0.3) is 10.8 Å². The van der Waals surface area contributed by atoms with Crippen LogP contribution in [-0.2, 0) is 30.5 Å². The molecular weight excluding hydrogens is 641 g/mol. The molecule has 3 N–H and O–H groups in total. The van der Waals surface area contributed by atoms with Gasteiger partial charge in [-0.15, -0.1) is 0 Å². The number of rotatable bonds is 11. The molecule has 1 aliphatic carbocycles. The first-order valence-electron chi connectivity index (χ1n) is 16.8. The third kappa shape index (κ3) is 5.51. The van der Waals surface area contributed by atoms with E-state index >= 15 is 0 Å². The maximum atomic E-state index is 14.0. The number of ketones is 1. The van der Waals surface area contributed by atoms with Crippen LogP contribution in [0.2, 0.25) is 0 Å². The molecule has 2 unspecified atom stereocenters. The van der Waals surface area contributed by atoms with Crippen molar-refractivity contribution in [3.05, 3.63) is 107 Å². The predicted octanol–water partition coefficient (Wildman–Crippen LogP) is 7.00. The van der Waals surface area contributed by atoms with E-state index in [2.05, 4.69) is 49.6 Å². The fourth-order valence-electron chi connectivity index (χ4n) is 8.24. The van der Waals surface area contributed by atoms with Crippen LogP contribution in [0.3, 0.4) is 0 Å². The van der Waals surface area contributed by atoms with Gasteiger partial charge in [-0.1, -0.05) is 49.4 Å². The molecule has 49 heavy (non-hydrogen) atoms. The number of allylic oxidation sites excluding steroid dienone is 5. The second-order valence-electron chi connectivity index (χ2n) is 13.8. The number of unbranched alkanes of at least 4 members (excludes halogenated alkanes) is 1. The second kappa shape index (κ2) is 12.4. The van der Waals surface area contributed by atoms with Crippen molar-refractivity contribution >= 4 is 49.7 Å². The van der Waals surface area contributed by atoms with E-state index in [0.29, 0.717) is 31.6 Å². The first-order chi connectivity index (χ1) is 23.2. The van der Waals surface area contributed by atoms with Gasteiger partial charge in [0.1, 0.15) is 12.3 Å². The van der Waals surface area contributed by atoms with E-state index in [4.69, 9.17) is 0 Å². The van der Waals surface area contributed by atoms with Gasteiger partial charge in [0.05, 0.1) is 28.2 Å². The summed E-state index contributed by atoms with van der Waals surface area (Å²) in [7, 11) is -4.14. The van der Waals surface area contributed by atoms with Gasteiger partial charge in [-0.3, -0.25) is 14.1 Å². The molecule has 0 spiro atoms. The SMILES string of the molecule is CCC(C(=O)O)C1(C)/C(=C\C2=C(O)C(=C/C3=[N+](CC)c4ccc5ccccc5c4C3(C)C)/C2=O)N(CCCCS(=O)(=O)O)c2ccccc21. The first-order valence-corrected chi connectivity index (χ1v) is 18.4. The molecule has 0 saturated heterocycles. The van der Waals surface area contributed by atoms with Crippen LogP contribution in [0, 0.1) is 5.92 Å². The van der Waals surface area contributed by atoms with Crippen LogP contribution >= 0.6 is 0 Å². The monoisotopic (exact) mass is 683 g/mol. The highest BCUT2D eigenvalue weighted by molar-refractivity contribution is 7.85. The minimum absolute atomic E-state index is 0.103. The molecule has 3 aromatic carbocycles. The molecule has 0 bridgehead atoms. The molecule has 3 aromatic rings. The number of anilines is 1. The zero-order chi connectivity index (χ0) is 35.5. The molecular formula is C39H43N2O7S+. The summed E-state index contributed by atoms with van der Waals surface area (Å²) in [6.45, 7) is 11.0. The second-order valence-corrected chi connectivity index (χ2v) is 15.3. The zero-order valence-corrected chi connectivity index (χ0v) is 29.3. The number of carboxylic acid groups (broad SMARTS) is 1. The number of hydrogen-bond donors (Lipinski definition) is 3. The van der Waals surface area contributed by atoms with Gasteiger partial charge in [0.15, 0.2) is 5.71 Å². The third-order valence-corrected chi connectivity index (χ3v) is 11.5. The summed E-state index contributed by atoms with van der Waals surface area (Å²) in [5.41, 5.74) is 4.01. The molecule has 9 nitrogen and oxygen atoms in total. The molecule has 0 saturated carbocycles. The van der Waals surface area contributed by atoms with Crippen molar-refractivity contribution in [2.24, 2.45) is 5.92 Å². The molecule has 0 aromatic heterocycles. The van der Waals surface area contributed by atoms with Crippen molar-refractivity contribution in [3.63, 3.8) is 0 Å². The Morgan fingerprint density at radius 1 is 0.980 bits per heavy atom. The van der Waals surface area contributed by atoms with E-state index < -0.39 is 38.6 Å². The number of carboxylic acids is 1. The fourth-order valence-corrected chi connectivity index (χ4v) is 8.80. The van der Waals surface area contributed by atoms with E-state index in [1.807, 2.05) is 55.1 Å². The number of benzene rings is 3. The van der Waals surface area contributed by atoms with E-state index in [9.17, 15) is 32.8 Å². The van der Waals surface area contributed by atoms with Crippen molar-refractivity contribution in [2.75, 3.05) is 23.7 Å². The quantitative estimate of drug-likeness (QED) is 0.0852.